The highest BCUT2D eigenvalue weighted by Crippen LogP contribution is 2.42. The van der Waals surface area contributed by atoms with Crippen molar-refractivity contribution in [2.75, 3.05) is 0 Å². The van der Waals surface area contributed by atoms with Crippen molar-refractivity contribution in [2.24, 2.45) is 0 Å². The van der Waals surface area contributed by atoms with E-state index in [1.807, 2.05) is 42.5 Å². The Balaban J connectivity index is 1.31. The summed E-state index contributed by atoms with van der Waals surface area (Å²) in [5, 5.41) is 24.0. The summed E-state index contributed by atoms with van der Waals surface area (Å²) >= 11 is 0. The SMILES string of the molecule is N#Cc1cccc(-n2c3ccc(C#N)cc3c3c(-c4cccc(-c5cccc6c7ccccc7n(-c7ccccc7)c56)c4)cccc32)c1. The second-order valence-corrected chi connectivity index (χ2v) is 12.0. The molecule has 2 heterocycles. The van der Waals surface area contributed by atoms with Crippen molar-refractivity contribution in [1.29, 1.82) is 10.5 Å². The number of rotatable bonds is 4. The van der Waals surface area contributed by atoms with Gasteiger partial charge in [-0.2, -0.15) is 10.5 Å². The third-order valence-corrected chi connectivity index (χ3v) is 9.35. The molecule has 0 unspecified atom stereocenters. The fourth-order valence-corrected chi connectivity index (χ4v) is 7.32. The zero-order valence-electron chi connectivity index (χ0n) is 25.8. The van der Waals surface area contributed by atoms with Gasteiger partial charge in [0.25, 0.3) is 0 Å². The molecule has 4 nitrogen and oxygen atoms in total. The Labute approximate surface area is 277 Å². The molecule has 0 fully saturated rings. The third-order valence-electron chi connectivity index (χ3n) is 9.35. The lowest BCUT2D eigenvalue weighted by atomic mass is 9.94. The summed E-state index contributed by atoms with van der Waals surface area (Å²) in [4.78, 5) is 0. The van der Waals surface area contributed by atoms with Crippen LogP contribution in [0.25, 0.3) is 77.2 Å². The third kappa shape index (κ3) is 4.14. The molecule has 4 heteroatoms. The van der Waals surface area contributed by atoms with E-state index in [4.69, 9.17) is 0 Å². The first-order chi connectivity index (χ1) is 23.7. The second kappa shape index (κ2) is 10.9. The van der Waals surface area contributed by atoms with Gasteiger partial charge in [-0.1, -0.05) is 91.0 Å². The van der Waals surface area contributed by atoms with E-state index in [9.17, 15) is 10.5 Å². The van der Waals surface area contributed by atoms with Crippen LogP contribution in [0.3, 0.4) is 0 Å². The smallest absolute Gasteiger partial charge is 0.0992 e. The molecule has 9 aromatic rings. The Morgan fingerprint density at radius 3 is 1.88 bits per heavy atom. The van der Waals surface area contributed by atoms with Crippen LogP contribution in [-0.2, 0) is 0 Å². The standard InChI is InChI=1S/C44H26N4/c45-27-29-10-6-15-34(24-29)47-41-23-22-30(28-46)25-39(41)43-35(17-9-21-42(43)47)31-11-7-12-32(26-31)36-18-8-19-38-37-16-4-5-20-40(37)48(44(36)38)33-13-2-1-3-14-33/h1-26H. The van der Waals surface area contributed by atoms with Crippen molar-refractivity contribution in [2.45, 2.75) is 0 Å². The van der Waals surface area contributed by atoms with Crippen LogP contribution in [0, 0.1) is 22.7 Å². The Morgan fingerprint density at radius 1 is 0.396 bits per heavy atom. The summed E-state index contributed by atoms with van der Waals surface area (Å²) in [7, 11) is 0. The first kappa shape index (κ1) is 27.4. The van der Waals surface area contributed by atoms with Crippen LogP contribution in [0.4, 0.5) is 0 Å². The van der Waals surface area contributed by atoms with Crippen molar-refractivity contribution in [3.8, 4) is 45.8 Å². The molecular formula is C44H26N4. The fraction of sp³-hybridized carbons (Fsp3) is 0. The van der Waals surface area contributed by atoms with Gasteiger partial charge in [-0.05, 0) is 83.4 Å². The molecule has 0 N–H and O–H groups in total. The minimum absolute atomic E-state index is 0.599. The van der Waals surface area contributed by atoms with Crippen molar-refractivity contribution in [3.05, 3.63) is 169 Å². The Bertz CT molecular complexity index is 2800. The van der Waals surface area contributed by atoms with Gasteiger partial charge < -0.3 is 9.13 Å². The van der Waals surface area contributed by atoms with E-state index < -0.39 is 0 Å². The Kier molecular flexibility index (Phi) is 6.22. The lowest BCUT2D eigenvalue weighted by Gasteiger charge is -2.13. The number of nitriles is 2. The van der Waals surface area contributed by atoms with E-state index >= 15 is 0 Å². The quantitative estimate of drug-likeness (QED) is 0.199. The molecular weight excluding hydrogens is 585 g/mol. The molecule has 0 radical (unpaired) electrons. The van der Waals surface area contributed by atoms with E-state index in [1.165, 1.54) is 21.8 Å². The average molecular weight is 611 g/mol. The van der Waals surface area contributed by atoms with Gasteiger partial charge in [0.2, 0.25) is 0 Å². The molecule has 2 aromatic heterocycles. The van der Waals surface area contributed by atoms with E-state index in [1.54, 1.807) is 0 Å². The van der Waals surface area contributed by atoms with Gasteiger partial charge in [0.05, 0.1) is 45.3 Å². The highest BCUT2D eigenvalue weighted by molar-refractivity contribution is 6.17. The fourth-order valence-electron chi connectivity index (χ4n) is 7.32. The van der Waals surface area contributed by atoms with Gasteiger partial charge in [0, 0.05) is 38.5 Å². The molecule has 0 saturated carbocycles. The van der Waals surface area contributed by atoms with Crippen LogP contribution in [0.15, 0.2) is 158 Å². The minimum Gasteiger partial charge on any atom is -0.309 e. The molecule has 0 spiro atoms. The predicted octanol–water partition coefficient (Wildman–Crippen LogP) is 11.0. The van der Waals surface area contributed by atoms with Gasteiger partial charge in [-0.3, -0.25) is 0 Å². The number of nitrogens with zero attached hydrogens (tertiary/aromatic N) is 4. The van der Waals surface area contributed by atoms with Crippen LogP contribution >= 0.6 is 0 Å². The number of benzene rings is 7. The second-order valence-electron chi connectivity index (χ2n) is 12.0. The van der Waals surface area contributed by atoms with Gasteiger partial charge in [0.15, 0.2) is 0 Å². The Hall–Kier alpha value is -6.88. The molecule has 48 heavy (non-hydrogen) atoms. The highest BCUT2D eigenvalue weighted by atomic mass is 15.0. The van der Waals surface area contributed by atoms with Gasteiger partial charge in [0.1, 0.15) is 0 Å². The van der Waals surface area contributed by atoms with E-state index in [0.717, 1.165) is 55.4 Å². The number of fused-ring (bicyclic) bond motifs is 6. The van der Waals surface area contributed by atoms with Gasteiger partial charge in [-0.25, -0.2) is 0 Å². The van der Waals surface area contributed by atoms with E-state index in [-0.39, 0.29) is 0 Å². The number of para-hydroxylation sites is 3. The van der Waals surface area contributed by atoms with Crippen LogP contribution < -0.4 is 0 Å². The molecule has 7 aromatic carbocycles. The normalized spacial score (nSPS) is 11.3. The first-order valence-electron chi connectivity index (χ1n) is 15.9. The molecule has 0 amide bonds. The molecule has 0 bridgehead atoms. The van der Waals surface area contributed by atoms with Crippen molar-refractivity contribution in [3.63, 3.8) is 0 Å². The maximum absolute atomic E-state index is 9.86. The monoisotopic (exact) mass is 610 g/mol. The molecule has 0 aliphatic heterocycles. The summed E-state index contributed by atoms with van der Waals surface area (Å²) in [5.41, 5.74) is 12.0. The summed E-state index contributed by atoms with van der Waals surface area (Å²) < 4.78 is 4.57. The molecule has 9 rings (SSSR count). The largest absolute Gasteiger partial charge is 0.309 e. The maximum Gasteiger partial charge on any atom is 0.0992 e. The van der Waals surface area contributed by atoms with Crippen molar-refractivity contribution < 1.29 is 0 Å². The summed E-state index contributed by atoms with van der Waals surface area (Å²) in [5.74, 6) is 0. The summed E-state index contributed by atoms with van der Waals surface area (Å²) in [6, 6.07) is 59.0. The van der Waals surface area contributed by atoms with E-state index in [2.05, 4.69) is 137 Å². The first-order valence-corrected chi connectivity index (χ1v) is 15.9. The number of hydrogen-bond acceptors (Lipinski definition) is 2. The molecule has 0 saturated heterocycles. The lowest BCUT2D eigenvalue weighted by Crippen LogP contribution is -1.95. The minimum atomic E-state index is 0.599. The Morgan fingerprint density at radius 2 is 1.02 bits per heavy atom. The number of hydrogen-bond donors (Lipinski definition) is 0. The molecule has 0 aliphatic carbocycles. The van der Waals surface area contributed by atoms with Gasteiger partial charge >= 0.3 is 0 Å². The maximum atomic E-state index is 9.86. The molecule has 222 valence electrons. The van der Waals surface area contributed by atoms with Crippen molar-refractivity contribution in [1.82, 2.24) is 9.13 Å². The number of aromatic nitrogens is 2. The van der Waals surface area contributed by atoms with Gasteiger partial charge in [-0.15, -0.1) is 0 Å². The topological polar surface area (TPSA) is 57.4 Å². The van der Waals surface area contributed by atoms with E-state index in [0.29, 0.717) is 11.1 Å². The molecule has 0 aliphatic rings. The molecule has 0 atom stereocenters. The van der Waals surface area contributed by atoms with Crippen LogP contribution in [-0.4, -0.2) is 9.13 Å². The highest BCUT2D eigenvalue weighted by Gasteiger charge is 2.19. The van der Waals surface area contributed by atoms with Crippen LogP contribution in [0.2, 0.25) is 0 Å². The average Bonchev–Trinajstić information content (AvgIpc) is 3.68. The zero-order valence-corrected chi connectivity index (χ0v) is 25.8. The van der Waals surface area contributed by atoms with Crippen LogP contribution in [0.5, 0.6) is 0 Å². The zero-order chi connectivity index (χ0) is 32.2. The van der Waals surface area contributed by atoms with Crippen LogP contribution in [0.1, 0.15) is 11.1 Å². The lowest BCUT2D eigenvalue weighted by molar-refractivity contribution is 1.18. The predicted molar refractivity (Wildman–Crippen MR) is 195 cm³/mol. The summed E-state index contributed by atoms with van der Waals surface area (Å²) in [6.45, 7) is 0. The van der Waals surface area contributed by atoms with Crippen molar-refractivity contribution >= 4 is 43.6 Å². The summed E-state index contributed by atoms with van der Waals surface area (Å²) in [6.07, 6.45) is 0.